The van der Waals surface area contributed by atoms with Crippen LogP contribution >= 0.6 is 34.5 Å². The van der Waals surface area contributed by atoms with Gasteiger partial charge in [-0.3, -0.25) is 4.79 Å². The first-order chi connectivity index (χ1) is 10.5. The van der Waals surface area contributed by atoms with Crippen molar-refractivity contribution in [3.05, 3.63) is 56.8 Å². The second-order valence-corrected chi connectivity index (χ2v) is 7.01. The van der Waals surface area contributed by atoms with Gasteiger partial charge in [-0.1, -0.05) is 43.1 Å². The topological polar surface area (TPSA) is 42.9 Å². The molecule has 2 aromatic heterocycles. The maximum Gasteiger partial charge on any atom is 0.206 e. The molecule has 0 aliphatic rings. The van der Waals surface area contributed by atoms with Crippen LogP contribution in [0.5, 0.6) is 0 Å². The highest BCUT2D eigenvalue weighted by Crippen LogP contribution is 2.33. The highest BCUT2D eigenvalue weighted by Gasteiger charge is 2.20. The molecule has 3 rings (SSSR count). The van der Waals surface area contributed by atoms with Crippen LogP contribution in [0.2, 0.25) is 10.0 Å². The minimum absolute atomic E-state index is 0.187. The summed E-state index contributed by atoms with van der Waals surface area (Å²) in [6.07, 6.45) is 1.53. The summed E-state index contributed by atoms with van der Waals surface area (Å²) in [6, 6.07) is 6.87. The summed E-state index contributed by atoms with van der Waals surface area (Å²) in [5.74, 6) is 0.0697. The van der Waals surface area contributed by atoms with E-state index in [0.29, 0.717) is 20.5 Å². The van der Waals surface area contributed by atoms with E-state index in [1.54, 1.807) is 18.2 Å². The normalized spacial score (nSPS) is 11.3. The molecule has 0 saturated heterocycles. The van der Waals surface area contributed by atoms with Crippen molar-refractivity contribution < 1.29 is 4.79 Å². The Morgan fingerprint density at radius 3 is 2.50 bits per heavy atom. The van der Waals surface area contributed by atoms with E-state index in [2.05, 4.69) is 23.8 Å². The lowest BCUT2D eigenvalue weighted by molar-refractivity contribution is 0.104. The van der Waals surface area contributed by atoms with Crippen LogP contribution in [0.25, 0.3) is 10.2 Å². The molecule has 0 amide bonds. The van der Waals surface area contributed by atoms with Crippen LogP contribution in [0.4, 0.5) is 0 Å². The van der Waals surface area contributed by atoms with Gasteiger partial charge in [0.15, 0.2) is 0 Å². The molecular weight excluding hydrogens is 339 g/mol. The fraction of sp³-hybridized carbons (Fsp3) is 0.188. The zero-order chi connectivity index (χ0) is 15.9. The van der Waals surface area contributed by atoms with Gasteiger partial charge >= 0.3 is 0 Å². The van der Waals surface area contributed by atoms with Gasteiger partial charge in [0.1, 0.15) is 11.2 Å². The Labute approximate surface area is 141 Å². The lowest BCUT2D eigenvalue weighted by atomic mass is 10.1. The van der Waals surface area contributed by atoms with Gasteiger partial charge in [-0.2, -0.15) is 0 Å². The minimum Gasteiger partial charge on any atom is -0.288 e. The number of hydrogen-bond acceptors (Lipinski definition) is 4. The molecule has 0 bridgehead atoms. The Balaban J connectivity index is 2.15. The lowest BCUT2D eigenvalue weighted by Gasteiger charge is -2.04. The maximum atomic E-state index is 12.7. The zero-order valence-corrected chi connectivity index (χ0v) is 14.3. The molecule has 0 aliphatic carbocycles. The molecule has 2 heterocycles. The number of hydrogen-bond donors (Lipinski definition) is 0. The monoisotopic (exact) mass is 350 g/mol. The smallest absolute Gasteiger partial charge is 0.206 e. The van der Waals surface area contributed by atoms with Gasteiger partial charge in [-0.05, 0) is 24.1 Å². The van der Waals surface area contributed by atoms with E-state index in [0.717, 1.165) is 15.9 Å². The van der Waals surface area contributed by atoms with E-state index in [9.17, 15) is 4.79 Å². The Kier molecular flexibility index (Phi) is 4.17. The first kappa shape index (κ1) is 15.4. The summed E-state index contributed by atoms with van der Waals surface area (Å²) in [5.41, 5.74) is 1.27. The standard InChI is InChI=1S/C16H12Cl2N2OS/c1-8(2)14-9-6-12(22-16(9)20-7-19-14)15(21)13-10(17)4-3-5-11(13)18/h3-8H,1-2H3. The number of benzene rings is 1. The predicted molar refractivity (Wildman–Crippen MR) is 91.4 cm³/mol. The van der Waals surface area contributed by atoms with Crippen molar-refractivity contribution in [1.29, 1.82) is 0 Å². The van der Waals surface area contributed by atoms with Gasteiger partial charge in [-0.25, -0.2) is 9.97 Å². The maximum absolute atomic E-state index is 12.7. The minimum atomic E-state index is -0.187. The number of nitrogens with zero attached hydrogens (tertiary/aromatic N) is 2. The van der Waals surface area contributed by atoms with Gasteiger partial charge in [0.2, 0.25) is 5.78 Å². The van der Waals surface area contributed by atoms with E-state index in [1.165, 1.54) is 17.7 Å². The van der Waals surface area contributed by atoms with Crippen molar-refractivity contribution in [1.82, 2.24) is 9.97 Å². The van der Waals surface area contributed by atoms with Gasteiger partial charge in [-0.15, -0.1) is 11.3 Å². The molecule has 112 valence electrons. The second-order valence-electron chi connectivity index (χ2n) is 5.17. The van der Waals surface area contributed by atoms with Crippen molar-refractivity contribution in [2.45, 2.75) is 19.8 Å². The van der Waals surface area contributed by atoms with Crippen molar-refractivity contribution >= 4 is 50.5 Å². The Morgan fingerprint density at radius 1 is 1.18 bits per heavy atom. The zero-order valence-electron chi connectivity index (χ0n) is 11.9. The number of thiophene rings is 1. The number of halogens is 2. The molecule has 0 spiro atoms. The molecular formula is C16H12Cl2N2OS. The highest BCUT2D eigenvalue weighted by atomic mass is 35.5. The molecule has 0 fully saturated rings. The van der Waals surface area contributed by atoms with Gasteiger partial charge < -0.3 is 0 Å². The van der Waals surface area contributed by atoms with Crippen LogP contribution in [0.3, 0.4) is 0 Å². The van der Waals surface area contributed by atoms with Crippen LogP contribution < -0.4 is 0 Å². The highest BCUT2D eigenvalue weighted by molar-refractivity contribution is 7.20. The van der Waals surface area contributed by atoms with Crippen LogP contribution in [0, 0.1) is 0 Å². The average Bonchev–Trinajstić information content (AvgIpc) is 2.90. The van der Waals surface area contributed by atoms with E-state index < -0.39 is 0 Å². The van der Waals surface area contributed by atoms with E-state index >= 15 is 0 Å². The molecule has 0 N–H and O–H groups in total. The van der Waals surface area contributed by atoms with Crippen LogP contribution in [0.15, 0.2) is 30.6 Å². The van der Waals surface area contributed by atoms with Crippen molar-refractivity contribution in [3.8, 4) is 0 Å². The number of ketones is 1. The van der Waals surface area contributed by atoms with E-state index in [-0.39, 0.29) is 11.7 Å². The Hall–Kier alpha value is -1.49. The summed E-state index contributed by atoms with van der Waals surface area (Å²) in [7, 11) is 0. The third-order valence-electron chi connectivity index (χ3n) is 3.32. The number of aromatic nitrogens is 2. The second kappa shape index (κ2) is 5.95. The fourth-order valence-corrected chi connectivity index (χ4v) is 3.81. The molecule has 3 nitrogen and oxygen atoms in total. The first-order valence-electron chi connectivity index (χ1n) is 6.72. The molecule has 22 heavy (non-hydrogen) atoms. The summed E-state index contributed by atoms with van der Waals surface area (Å²) < 4.78 is 0. The summed E-state index contributed by atoms with van der Waals surface area (Å²) >= 11 is 13.6. The summed E-state index contributed by atoms with van der Waals surface area (Å²) in [5, 5.41) is 1.62. The number of rotatable bonds is 3. The van der Waals surface area contributed by atoms with Crippen molar-refractivity contribution in [2.24, 2.45) is 0 Å². The molecule has 1 aromatic carbocycles. The average molecular weight is 351 g/mol. The first-order valence-corrected chi connectivity index (χ1v) is 8.29. The predicted octanol–water partition coefficient (Wildman–Crippen LogP) is 5.35. The van der Waals surface area contributed by atoms with Gasteiger partial charge in [0.05, 0.1) is 26.2 Å². The van der Waals surface area contributed by atoms with Crippen molar-refractivity contribution in [3.63, 3.8) is 0 Å². The van der Waals surface area contributed by atoms with Gasteiger partial charge in [0.25, 0.3) is 0 Å². The molecule has 0 saturated carbocycles. The molecule has 0 radical (unpaired) electrons. The van der Waals surface area contributed by atoms with E-state index in [1.807, 2.05) is 6.07 Å². The Bertz CT molecular complexity index is 853. The molecule has 0 atom stereocenters. The molecule has 3 aromatic rings. The van der Waals surface area contributed by atoms with Gasteiger partial charge in [0, 0.05) is 5.39 Å². The summed E-state index contributed by atoms with van der Waals surface area (Å²) in [4.78, 5) is 22.7. The third-order valence-corrected chi connectivity index (χ3v) is 4.99. The van der Waals surface area contributed by atoms with Crippen molar-refractivity contribution in [2.75, 3.05) is 0 Å². The quantitative estimate of drug-likeness (QED) is 0.597. The van der Waals surface area contributed by atoms with Crippen LogP contribution in [-0.4, -0.2) is 15.8 Å². The van der Waals surface area contributed by atoms with Crippen LogP contribution in [0.1, 0.15) is 40.7 Å². The lowest BCUT2D eigenvalue weighted by Crippen LogP contribution is -2.00. The molecule has 0 unspecified atom stereocenters. The third kappa shape index (κ3) is 2.62. The largest absolute Gasteiger partial charge is 0.288 e. The number of fused-ring (bicyclic) bond motifs is 1. The Morgan fingerprint density at radius 2 is 1.86 bits per heavy atom. The summed E-state index contributed by atoms with van der Waals surface area (Å²) in [6.45, 7) is 4.12. The van der Waals surface area contributed by atoms with Crippen LogP contribution in [-0.2, 0) is 0 Å². The SMILES string of the molecule is CC(C)c1ncnc2sc(C(=O)c3c(Cl)cccc3Cl)cc12. The number of carbonyl (C=O) groups is 1. The van der Waals surface area contributed by atoms with E-state index in [4.69, 9.17) is 23.2 Å². The molecule has 6 heteroatoms. The number of carbonyl (C=O) groups excluding carboxylic acids is 1. The fourth-order valence-electron chi connectivity index (χ4n) is 2.28. The molecule has 0 aliphatic heterocycles.